The quantitative estimate of drug-likeness (QED) is 0.542. The predicted molar refractivity (Wildman–Crippen MR) is 94.2 cm³/mol. The van der Waals surface area contributed by atoms with Gasteiger partial charge in [-0.2, -0.15) is 0 Å². The minimum Gasteiger partial charge on any atom is -0.352 e. The third-order valence-corrected chi connectivity index (χ3v) is 4.48. The van der Waals surface area contributed by atoms with Gasteiger partial charge in [0.1, 0.15) is 5.65 Å². The summed E-state index contributed by atoms with van der Waals surface area (Å²) in [7, 11) is 1.77. The third-order valence-electron chi connectivity index (χ3n) is 3.14. The molecule has 0 saturated heterocycles. The van der Waals surface area contributed by atoms with Crippen LogP contribution < -0.4 is 10.6 Å². The second-order valence-electron chi connectivity index (χ2n) is 4.70. The number of aromatic nitrogens is 2. The summed E-state index contributed by atoms with van der Waals surface area (Å²) in [6.07, 6.45) is 4.01. The van der Waals surface area contributed by atoms with Crippen molar-refractivity contribution in [1.29, 1.82) is 0 Å². The van der Waals surface area contributed by atoms with Crippen molar-refractivity contribution >= 4 is 38.9 Å². The van der Waals surface area contributed by atoms with E-state index in [1.807, 2.05) is 35.0 Å². The molecule has 0 atom stereocenters. The van der Waals surface area contributed by atoms with Crippen LogP contribution in [0.5, 0.6) is 0 Å². The van der Waals surface area contributed by atoms with Gasteiger partial charge >= 0.3 is 0 Å². The average Bonchev–Trinajstić information content (AvgIpc) is 3.16. The molecule has 0 fully saturated rings. The molecule has 0 unspecified atom stereocenters. The van der Waals surface area contributed by atoms with E-state index in [1.165, 1.54) is 4.88 Å². The highest BCUT2D eigenvalue weighted by Crippen LogP contribution is 2.12. The lowest BCUT2D eigenvalue weighted by Crippen LogP contribution is -2.36. The number of thiophene rings is 1. The van der Waals surface area contributed by atoms with Crippen molar-refractivity contribution in [2.45, 2.75) is 13.1 Å². The number of rotatable bonds is 4. The summed E-state index contributed by atoms with van der Waals surface area (Å²) in [5, 5.41) is 8.64. The van der Waals surface area contributed by atoms with E-state index in [1.54, 1.807) is 18.4 Å². The van der Waals surface area contributed by atoms with Gasteiger partial charge in [-0.15, -0.1) is 11.3 Å². The topological polar surface area (TPSA) is 53.7 Å². The van der Waals surface area contributed by atoms with Crippen molar-refractivity contribution in [3.8, 4) is 0 Å². The van der Waals surface area contributed by atoms with Crippen LogP contribution in [0.15, 0.2) is 51.5 Å². The van der Waals surface area contributed by atoms with Crippen LogP contribution in [0.4, 0.5) is 0 Å². The summed E-state index contributed by atoms with van der Waals surface area (Å²) in [5.41, 5.74) is 1.90. The van der Waals surface area contributed by atoms with Crippen LogP contribution in [0, 0.1) is 0 Å². The smallest absolute Gasteiger partial charge is 0.191 e. The van der Waals surface area contributed by atoms with Gasteiger partial charge in [0.25, 0.3) is 0 Å². The Hall–Kier alpha value is -1.86. The van der Waals surface area contributed by atoms with Crippen LogP contribution in [0.3, 0.4) is 0 Å². The number of guanidine groups is 1. The highest BCUT2D eigenvalue weighted by atomic mass is 79.9. The Balaban J connectivity index is 1.59. The van der Waals surface area contributed by atoms with Gasteiger partial charge < -0.3 is 15.0 Å². The maximum atomic E-state index is 4.57. The highest BCUT2D eigenvalue weighted by Gasteiger charge is 2.04. The molecule has 0 aromatic carbocycles. The van der Waals surface area contributed by atoms with Gasteiger partial charge in [0.2, 0.25) is 0 Å². The Labute approximate surface area is 141 Å². The van der Waals surface area contributed by atoms with Gasteiger partial charge in [0, 0.05) is 28.8 Å². The molecule has 0 bridgehead atoms. The van der Waals surface area contributed by atoms with Crippen LogP contribution in [-0.4, -0.2) is 22.4 Å². The molecule has 0 radical (unpaired) electrons. The molecule has 0 amide bonds. The molecule has 2 N–H and O–H groups in total. The minimum atomic E-state index is 0.628. The van der Waals surface area contributed by atoms with Crippen molar-refractivity contribution in [3.05, 3.63) is 57.1 Å². The molecular formula is C15H16BrN5S. The first kappa shape index (κ1) is 15.1. The standard InChI is InChI=1S/C15H16BrN5S/c1-17-15(19-8-13-3-2-6-22-13)18-7-12-10-21-9-11(16)4-5-14(21)20-12/h2-6,9-10H,7-8H2,1H3,(H2,17,18,19). The maximum Gasteiger partial charge on any atom is 0.191 e. The lowest BCUT2D eigenvalue weighted by atomic mass is 10.4. The SMILES string of the molecule is CN=C(NCc1cn2cc(Br)ccc2n1)NCc1cccs1. The zero-order chi connectivity index (χ0) is 15.4. The van der Waals surface area contributed by atoms with E-state index in [9.17, 15) is 0 Å². The largest absolute Gasteiger partial charge is 0.352 e. The fourth-order valence-corrected chi connectivity index (χ4v) is 3.08. The second kappa shape index (κ2) is 6.93. The monoisotopic (exact) mass is 377 g/mol. The summed E-state index contributed by atoms with van der Waals surface area (Å²) < 4.78 is 3.04. The molecule has 0 aliphatic rings. The van der Waals surface area contributed by atoms with Gasteiger partial charge in [0.05, 0.1) is 18.8 Å². The van der Waals surface area contributed by atoms with Crippen LogP contribution in [0.1, 0.15) is 10.6 Å². The van der Waals surface area contributed by atoms with Crippen molar-refractivity contribution in [3.63, 3.8) is 0 Å². The summed E-state index contributed by atoms with van der Waals surface area (Å²) in [4.78, 5) is 10.1. The number of aliphatic imine (C=N–C) groups is 1. The van der Waals surface area contributed by atoms with Crippen LogP contribution in [0.25, 0.3) is 5.65 Å². The van der Waals surface area contributed by atoms with E-state index in [-0.39, 0.29) is 0 Å². The normalized spacial score (nSPS) is 11.8. The Morgan fingerprint density at radius 3 is 2.91 bits per heavy atom. The number of halogens is 1. The summed E-state index contributed by atoms with van der Waals surface area (Å²) >= 11 is 5.19. The Morgan fingerprint density at radius 1 is 1.27 bits per heavy atom. The van der Waals surface area contributed by atoms with Crippen molar-refractivity contribution in [2.75, 3.05) is 7.05 Å². The van der Waals surface area contributed by atoms with Crippen LogP contribution in [0.2, 0.25) is 0 Å². The number of hydrogen-bond donors (Lipinski definition) is 2. The molecule has 114 valence electrons. The predicted octanol–water partition coefficient (Wildman–Crippen LogP) is 3.02. The molecule has 22 heavy (non-hydrogen) atoms. The van der Waals surface area contributed by atoms with E-state index in [2.05, 4.69) is 48.0 Å². The van der Waals surface area contributed by atoms with Crippen LogP contribution >= 0.6 is 27.3 Å². The molecule has 5 nitrogen and oxygen atoms in total. The fourth-order valence-electron chi connectivity index (χ4n) is 2.08. The second-order valence-corrected chi connectivity index (χ2v) is 6.65. The summed E-state index contributed by atoms with van der Waals surface area (Å²) in [6, 6.07) is 8.12. The minimum absolute atomic E-state index is 0.628. The zero-order valence-electron chi connectivity index (χ0n) is 12.1. The lowest BCUT2D eigenvalue weighted by molar-refractivity contribution is 0.804. The number of nitrogens with one attached hydrogen (secondary N) is 2. The van der Waals surface area contributed by atoms with Crippen molar-refractivity contribution in [1.82, 2.24) is 20.0 Å². The maximum absolute atomic E-state index is 4.57. The Morgan fingerprint density at radius 2 is 2.14 bits per heavy atom. The van der Waals surface area contributed by atoms with Gasteiger partial charge in [-0.3, -0.25) is 4.99 Å². The molecule has 3 aromatic heterocycles. The van der Waals surface area contributed by atoms with Crippen molar-refractivity contribution < 1.29 is 0 Å². The van der Waals surface area contributed by atoms with E-state index in [4.69, 9.17) is 0 Å². The molecule has 7 heteroatoms. The van der Waals surface area contributed by atoms with E-state index >= 15 is 0 Å². The average molecular weight is 378 g/mol. The Kier molecular flexibility index (Phi) is 4.74. The summed E-state index contributed by atoms with van der Waals surface area (Å²) in [5.74, 6) is 0.770. The number of nitrogens with zero attached hydrogens (tertiary/aromatic N) is 3. The fraction of sp³-hybridized carbons (Fsp3) is 0.200. The molecule has 0 aliphatic carbocycles. The van der Waals surface area contributed by atoms with Gasteiger partial charge in [0.15, 0.2) is 5.96 Å². The molecule has 3 rings (SSSR count). The van der Waals surface area contributed by atoms with E-state index in [0.717, 1.165) is 28.3 Å². The Bertz CT molecular complexity index is 778. The lowest BCUT2D eigenvalue weighted by Gasteiger charge is -2.09. The van der Waals surface area contributed by atoms with E-state index < -0.39 is 0 Å². The van der Waals surface area contributed by atoms with Crippen molar-refractivity contribution in [2.24, 2.45) is 4.99 Å². The number of fused-ring (bicyclic) bond motifs is 1. The molecule has 0 spiro atoms. The molecule has 0 aliphatic heterocycles. The molecule has 3 aromatic rings. The van der Waals surface area contributed by atoms with Gasteiger partial charge in [-0.25, -0.2) is 4.98 Å². The highest BCUT2D eigenvalue weighted by molar-refractivity contribution is 9.10. The van der Waals surface area contributed by atoms with Gasteiger partial charge in [-0.1, -0.05) is 6.07 Å². The molecule has 3 heterocycles. The number of imidazole rings is 1. The first-order valence-corrected chi connectivity index (χ1v) is 8.52. The third kappa shape index (κ3) is 3.66. The molecular weight excluding hydrogens is 362 g/mol. The van der Waals surface area contributed by atoms with Crippen LogP contribution in [-0.2, 0) is 13.1 Å². The van der Waals surface area contributed by atoms with Gasteiger partial charge in [-0.05, 0) is 39.5 Å². The first-order valence-electron chi connectivity index (χ1n) is 6.84. The molecule has 0 saturated carbocycles. The first-order chi connectivity index (χ1) is 10.7. The number of pyridine rings is 1. The summed E-state index contributed by atoms with van der Waals surface area (Å²) in [6.45, 7) is 1.40. The zero-order valence-corrected chi connectivity index (χ0v) is 14.5. The van der Waals surface area contributed by atoms with E-state index in [0.29, 0.717) is 6.54 Å². The number of hydrogen-bond acceptors (Lipinski definition) is 3.